The van der Waals surface area contributed by atoms with Gasteiger partial charge in [0.2, 0.25) is 5.78 Å². The van der Waals surface area contributed by atoms with E-state index in [1.54, 1.807) is 30.3 Å². The number of fused-ring (bicyclic) bond motifs is 1. The highest BCUT2D eigenvalue weighted by atomic mass is 16.1. The zero-order valence-corrected chi connectivity index (χ0v) is 11.9. The fraction of sp³-hybridized carbons (Fsp3) is 0. The number of hydrogen-bond acceptors (Lipinski definition) is 2. The molecular weight excluding hydrogens is 270 g/mol. The monoisotopic (exact) mass is 283 g/mol. The van der Waals surface area contributed by atoms with Crippen molar-refractivity contribution >= 4 is 22.6 Å². The van der Waals surface area contributed by atoms with Gasteiger partial charge in [-0.25, -0.2) is 0 Å². The van der Waals surface area contributed by atoms with Gasteiger partial charge in [0.25, 0.3) is 0 Å². The van der Waals surface area contributed by atoms with Gasteiger partial charge in [-0.15, -0.1) is 0 Å². The number of rotatable bonds is 3. The average molecular weight is 283 g/mol. The second-order valence-electron chi connectivity index (χ2n) is 4.97. The molecule has 0 radical (unpaired) electrons. The number of nitriles is 1. The molecule has 0 unspecified atom stereocenters. The summed E-state index contributed by atoms with van der Waals surface area (Å²) in [7, 11) is 0. The van der Waals surface area contributed by atoms with E-state index < -0.39 is 0 Å². The van der Waals surface area contributed by atoms with Crippen LogP contribution in [-0.2, 0) is 0 Å². The van der Waals surface area contributed by atoms with Gasteiger partial charge < -0.3 is 0 Å². The molecule has 0 saturated heterocycles. The molecular formula is C20H13NO. The standard InChI is InChI=1S/C20H13NO/c21-14-19(20(22)17-7-2-1-3-8-17)13-15-10-11-16-6-4-5-9-18(16)12-15/h1-13H/b19-13-. The summed E-state index contributed by atoms with van der Waals surface area (Å²) in [6.45, 7) is 0. The summed E-state index contributed by atoms with van der Waals surface area (Å²) >= 11 is 0. The van der Waals surface area contributed by atoms with Crippen LogP contribution in [0.5, 0.6) is 0 Å². The Labute approximate surface area is 128 Å². The van der Waals surface area contributed by atoms with Gasteiger partial charge in [0.1, 0.15) is 11.6 Å². The number of allylic oxidation sites excluding steroid dienone is 1. The minimum absolute atomic E-state index is 0.140. The second kappa shape index (κ2) is 6.07. The molecule has 2 nitrogen and oxygen atoms in total. The molecule has 0 spiro atoms. The molecule has 22 heavy (non-hydrogen) atoms. The summed E-state index contributed by atoms with van der Waals surface area (Å²) in [5.41, 5.74) is 1.51. The lowest BCUT2D eigenvalue weighted by molar-refractivity contribution is 0.104. The number of carbonyl (C=O) groups excluding carboxylic acids is 1. The maximum absolute atomic E-state index is 12.4. The SMILES string of the molecule is N#C/C(=C/c1ccc2ccccc2c1)C(=O)c1ccccc1. The van der Waals surface area contributed by atoms with Crippen molar-refractivity contribution in [3.8, 4) is 6.07 Å². The molecule has 0 fully saturated rings. The van der Waals surface area contributed by atoms with Gasteiger partial charge in [-0.2, -0.15) is 5.26 Å². The summed E-state index contributed by atoms with van der Waals surface area (Å²) in [4.78, 5) is 12.4. The van der Waals surface area contributed by atoms with Crippen LogP contribution < -0.4 is 0 Å². The van der Waals surface area contributed by atoms with Crippen LogP contribution in [-0.4, -0.2) is 5.78 Å². The number of benzene rings is 3. The minimum atomic E-state index is -0.253. The third-order valence-corrected chi connectivity index (χ3v) is 3.49. The lowest BCUT2D eigenvalue weighted by atomic mass is 10.0. The van der Waals surface area contributed by atoms with E-state index in [1.165, 1.54) is 0 Å². The Bertz CT molecular complexity index is 902. The smallest absolute Gasteiger partial charge is 0.203 e. The number of ketones is 1. The first-order chi connectivity index (χ1) is 10.8. The van der Waals surface area contributed by atoms with Gasteiger partial charge in [0.15, 0.2) is 0 Å². The zero-order valence-electron chi connectivity index (χ0n) is 11.9. The fourth-order valence-corrected chi connectivity index (χ4v) is 2.36. The van der Waals surface area contributed by atoms with Gasteiger partial charge in [-0.05, 0) is 28.5 Å². The molecule has 3 rings (SSSR count). The van der Waals surface area contributed by atoms with Crippen molar-refractivity contribution in [1.29, 1.82) is 5.26 Å². The molecule has 0 N–H and O–H groups in total. The fourth-order valence-electron chi connectivity index (χ4n) is 2.36. The maximum atomic E-state index is 12.4. The molecule has 0 bridgehead atoms. The third kappa shape index (κ3) is 2.79. The Kier molecular flexibility index (Phi) is 3.80. The van der Waals surface area contributed by atoms with Crippen molar-refractivity contribution < 1.29 is 4.79 Å². The maximum Gasteiger partial charge on any atom is 0.203 e. The van der Waals surface area contributed by atoms with Gasteiger partial charge in [0, 0.05) is 5.56 Å². The predicted octanol–water partition coefficient (Wildman–Crippen LogP) is 4.63. The number of carbonyl (C=O) groups is 1. The molecule has 0 aliphatic carbocycles. The van der Waals surface area contributed by atoms with Crippen molar-refractivity contribution in [3.63, 3.8) is 0 Å². The molecule has 0 saturated carbocycles. The van der Waals surface area contributed by atoms with Crippen LogP contribution >= 0.6 is 0 Å². The molecule has 0 aliphatic heterocycles. The summed E-state index contributed by atoms with van der Waals surface area (Å²) in [5, 5.41) is 11.5. The van der Waals surface area contributed by atoms with Crippen molar-refractivity contribution in [2.45, 2.75) is 0 Å². The van der Waals surface area contributed by atoms with E-state index in [2.05, 4.69) is 0 Å². The van der Waals surface area contributed by atoms with E-state index in [0.717, 1.165) is 16.3 Å². The zero-order chi connectivity index (χ0) is 15.4. The van der Waals surface area contributed by atoms with E-state index in [1.807, 2.05) is 54.6 Å². The van der Waals surface area contributed by atoms with Crippen LogP contribution in [0.3, 0.4) is 0 Å². The molecule has 0 amide bonds. The Morgan fingerprint density at radius 3 is 2.27 bits per heavy atom. The number of nitrogens with zero attached hydrogens (tertiary/aromatic N) is 1. The Balaban J connectivity index is 2.00. The van der Waals surface area contributed by atoms with Gasteiger partial charge in [-0.1, -0.05) is 66.7 Å². The first-order valence-electron chi connectivity index (χ1n) is 6.98. The Hall–Kier alpha value is -3.18. The molecule has 3 aromatic rings. The van der Waals surface area contributed by atoms with E-state index >= 15 is 0 Å². The third-order valence-electron chi connectivity index (χ3n) is 3.49. The van der Waals surface area contributed by atoms with E-state index in [0.29, 0.717) is 5.56 Å². The molecule has 104 valence electrons. The normalized spacial score (nSPS) is 11.1. The molecule has 0 heterocycles. The van der Waals surface area contributed by atoms with Gasteiger partial charge in [0.05, 0.1) is 0 Å². The molecule has 2 heteroatoms. The van der Waals surface area contributed by atoms with Crippen LogP contribution in [0.2, 0.25) is 0 Å². The highest BCUT2D eigenvalue weighted by Gasteiger charge is 2.11. The highest BCUT2D eigenvalue weighted by Crippen LogP contribution is 2.18. The van der Waals surface area contributed by atoms with Crippen LogP contribution in [0.1, 0.15) is 15.9 Å². The van der Waals surface area contributed by atoms with Gasteiger partial charge in [-0.3, -0.25) is 4.79 Å². The first-order valence-corrected chi connectivity index (χ1v) is 6.98. The van der Waals surface area contributed by atoms with Crippen LogP contribution in [0.15, 0.2) is 78.4 Å². The van der Waals surface area contributed by atoms with Crippen molar-refractivity contribution in [2.24, 2.45) is 0 Å². The Morgan fingerprint density at radius 1 is 0.864 bits per heavy atom. The van der Waals surface area contributed by atoms with Crippen LogP contribution in [0.4, 0.5) is 0 Å². The summed E-state index contributed by atoms with van der Waals surface area (Å²) < 4.78 is 0. The quantitative estimate of drug-likeness (QED) is 0.399. The number of Topliss-reactive ketones (excluding diaryl/α,β-unsaturated/α-hetero) is 1. The van der Waals surface area contributed by atoms with E-state index in [4.69, 9.17) is 0 Å². The van der Waals surface area contributed by atoms with E-state index in [9.17, 15) is 10.1 Å². The van der Waals surface area contributed by atoms with Crippen molar-refractivity contribution in [2.75, 3.05) is 0 Å². The highest BCUT2D eigenvalue weighted by molar-refractivity contribution is 6.14. The molecule has 0 atom stereocenters. The lowest BCUT2D eigenvalue weighted by Gasteiger charge is -2.02. The number of hydrogen-bond donors (Lipinski definition) is 0. The molecule has 3 aromatic carbocycles. The Morgan fingerprint density at radius 2 is 1.55 bits per heavy atom. The van der Waals surface area contributed by atoms with Crippen molar-refractivity contribution in [1.82, 2.24) is 0 Å². The summed E-state index contributed by atoms with van der Waals surface area (Å²) in [5.74, 6) is -0.253. The van der Waals surface area contributed by atoms with Crippen LogP contribution in [0, 0.1) is 11.3 Å². The average Bonchev–Trinajstić information content (AvgIpc) is 2.59. The van der Waals surface area contributed by atoms with Gasteiger partial charge >= 0.3 is 0 Å². The van der Waals surface area contributed by atoms with E-state index in [-0.39, 0.29) is 11.4 Å². The summed E-state index contributed by atoms with van der Waals surface area (Å²) in [6, 6.07) is 24.7. The topological polar surface area (TPSA) is 40.9 Å². The molecule has 0 aliphatic rings. The largest absolute Gasteiger partial charge is 0.288 e. The van der Waals surface area contributed by atoms with Crippen molar-refractivity contribution in [3.05, 3.63) is 89.5 Å². The minimum Gasteiger partial charge on any atom is -0.288 e. The predicted molar refractivity (Wildman–Crippen MR) is 88.3 cm³/mol. The molecule has 0 aromatic heterocycles. The second-order valence-corrected chi connectivity index (χ2v) is 4.97. The summed E-state index contributed by atoms with van der Waals surface area (Å²) in [6.07, 6.45) is 1.64. The lowest BCUT2D eigenvalue weighted by Crippen LogP contribution is -2.01. The first kappa shape index (κ1) is 13.8. The van der Waals surface area contributed by atoms with Crippen LogP contribution in [0.25, 0.3) is 16.8 Å².